The smallest absolute Gasteiger partial charge is 0.336 e. The molecule has 0 bridgehead atoms. The number of nitrogens with two attached hydrogens (primary N) is 1. The number of aliphatic carboxylic acids is 1. The summed E-state index contributed by atoms with van der Waals surface area (Å²) in [6.45, 7) is -0.474. The van der Waals surface area contributed by atoms with Crippen LogP contribution in [-0.4, -0.2) is 133 Å². The van der Waals surface area contributed by atoms with Gasteiger partial charge in [-0.3, -0.25) is 10.4 Å². The van der Waals surface area contributed by atoms with Crippen LogP contribution in [0.2, 0.25) is 0 Å². The SMILES string of the molecule is COc1c(OC2OC(C(=O)O)C(O)(CC3=NC=NC3)C(O)C2O)cc2c(c1O)C(O)=CC(c1ccc(OC(CO)C(O)C3=NC(=[NH2+])C=C3)cc1)O2. The Balaban J connectivity index is 1.21. The van der Waals surface area contributed by atoms with E-state index in [1.54, 1.807) is 24.3 Å². The molecule has 8 unspecified atom stereocenters. The summed E-state index contributed by atoms with van der Waals surface area (Å²) in [5, 5.41) is 91.1. The van der Waals surface area contributed by atoms with Crippen molar-refractivity contribution >= 4 is 35.3 Å². The third-order valence-electron chi connectivity index (χ3n) is 8.61. The normalized spacial score (nSPS) is 27.8. The van der Waals surface area contributed by atoms with Crippen LogP contribution in [0.15, 0.2) is 63.5 Å². The monoisotopic (exact) mass is 711 g/mol. The van der Waals surface area contributed by atoms with E-state index in [2.05, 4.69) is 15.0 Å². The first-order chi connectivity index (χ1) is 24.3. The number of aliphatic hydroxyl groups excluding tert-OH is 5. The zero-order valence-corrected chi connectivity index (χ0v) is 26.8. The number of nitrogens with zero attached hydrogens (tertiary/aromatic N) is 3. The molecule has 1 fully saturated rings. The van der Waals surface area contributed by atoms with E-state index in [1.807, 2.05) is 0 Å². The summed E-state index contributed by atoms with van der Waals surface area (Å²) >= 11 is 0. The minimum Gasteiger partial charge on any atom is -0.507 e. The molecule has 4 aliphatic heterocycles. The number of phenolic OH excluding ortho intramolecular Hbond substituents is 1. The molecule has 0 spiro atoms. The van der Waals surface area contributed by atoms with Crippen LogP contribution in [0.4, 0.5) is 0 Å². The first-order valence-electron chi connectivity index (χ1n) is 15.5. The highest BCUT2D eigenvalue weighted by Crippen LogP contribution is 2.51. The van der Waals surface area contributed by atoms with Crippen molar-refractivity contribution in [3.63, 3.8) is 0 Å². The third-order valence-corrected chi connectivity index (χ3v) is 8.61. The van der Waals surface area contributed by atoms with Crippen molar-refractivity contribution in [2.24, 2.45) is 15.0 Å². The summed E-state index contributed by atoms with van der Waals surface area (Å²) in [6, 6.07) is 7.48. The van der Waals surface area contributed by atoms with Gasteiger partial charge in [-0.25, -0.2) is 9.79 Å². The summed E-state index contributed by atoms with van der Waals surface area (Å²) in [5.74, 6) is -3.01. The second-order valence-corrected chi connectivity index (χ2v) is 12.0. The molecule has 2 aromatic carbocycles. The van der Waals surface area contributed by atoms with Crippen LogP contribution in [-0.2, 0) is 9.53 Å². The number of ether oxygens (including phenoxy) is 5. The molecule has 0 aromatic heterocycles. The molecule has 0 saturated carbocycles. The average Bonchev–Trinajstić information content (AvgIpc) is 3.78. The van der Waals surface area contributed by atoms with Crippen molar-refractivity contribution in [2.75, 3.05) is 20.3 Å². The van der Waals surface area contributed by atoms with E-state index in [4.69, 9.17) is 29.1 Å². The van der Waals surface area contributed by atoms with Crippen LogP contribution in [0.5, 0.6) is 28.7 Å². The summed E-state index contributed by atoms with van der Waals surface area (Å²) in [7, 11) is 1.17. The van der Waals surface area contributed by atoms with E-state index in [0.717, 1.165) is 0 Å². The number of aromatic hydroxyl groups is 1. The predicted molar refractivity (Wildman–Crippen MR) is 175 cm³/mol. The lowest BCUT2D eigenvalue weighted by molar-refractivity contribution is -0.303. The molecule has 1 saturated heterocycles. The van der Waals surface area contributed by atoms with E-state index in [1.165, 1.54) is 37.7 Å². The van der Waals surface area contributed by atoms with Crippen LogP contribution in [0, 0.1) is 0 Å². The predicted octanol–water partition coefficient (Wildman–Crippen LogP) is -1.78. The van der Waals surface area contributed by atoms with E-state index >= 15 is 0 Å². The molecule has 270 valence electrons. The highest BCUT2D eigenvalue weighted by atomic mass is 16.7. The second-order valence-electron chi connectivity index (χ2n) is 12.0. The molecule has 0 radical (unpaired) electrons. The van der Waals surface area contributed by atoms with E-state index in [-0.39, 0.29) is 52.4 Å². The fraction of sp³-hybridized carbons (Fsp3) is 0.364. The van der Waals surface area contributed by atoms with Crippen molar-refractivity contribution in [3.05, 3.63) is 59.7 Å². The average molecular weight is 712 g/mol. The molecule has 6 rings (SSSR count). The number of fused-ring (bicyclic) bond motifs is 1. The van der Waals surface area contributed by atoms with Gasteiger partial charge in [0.05, 0.1) is 20.3 Å². The van der Waals surface area contributed by atoms with Gasteiger partial charge in [-0.1, -0.05) is 12.1 Å². The number of hydrogen-bond acceptors (Lipinski definition) is 15. The molecule has 4 aliphatic rings. The summed E-state index contributed by atoms with van der Waals surface area (Å²) in [6.07, 6.45) is -6.29. The Bertz CT molecular complexity index is 1860. The molecular weight excluding hydrogens is 676 g/mol. The van der Waals surface area contributed by atoms with Gasteiger partial charge in [-0.15, -0.1) is 0 Å². The van der Waals surface area contributed by atoms with Gasteiger partial charge in [0.15, 0.2) is 35.5 Å². The summed E-state index contributed by atoms with van der Waals surface area (Å²) in [4.78, 5) is 24.0. The van der Waals surface area contributed by atoms with Crippen molar-refractivity contribution in [3.8, 4) is 28.7 Å². The molecular formula is C33H35N4O14+. The number of carboxylic acids is 1. The molecule has 0 aliphatic carbocycles. The van der Waals surface area contributed by atoms with Crippen molar-refractivity contribution < 1.29 is 74.7 Å². The topological polar surface area (TPSA) is 288 Å². The van der Waals surface area contributed by atoms with Crippen molar-refractivity contribution in [1.82, 2.24) is 0 Å². The van der Waals surface area contributed by atoms with E-state index < -0.39 is 79.0 Å². The van der Waals surface area contributed by atoms with Gasteiger partial charge in [0.2, 0.25) is 12.0 Å². The van der Waals surface area contributed by atoms with Gasteiger partial charge in [-0.2, -0.15) is 0 Å². The van der Waals surface area contributed by atoms with Crippen LogP contribution in [0.1, 0.15) is 23.7 Å². The lowest BCUT2D eigenvalue weighted by Crippen LogP contribution is -2.69. The van der Waals surface area contributed by atoms with Gasteiger partial charge in [-0.05, 0) is 28.8 Å². The maximum Gasteiger partial charge on any atom is 0.336 e. The Kier molecular flexibility index (Phi) is 9.80. The quantitative estimate of drug-likeness (QED) is 0.118. The number of amidine groups is 1. The Hall–Kier alpha value is -5.37. The summed E-state index contributed by atoms with van der Waals surface area (Å²) < 4.78 is 28.3. The van der Waals surface area contributed by atoms with Gasteiger partial charge in [0.1, 0.15) is 53.1 Å². The Morgan fingerprint density at radius 1 is 1.18 bits per heavy atom. The number of methoxy groups -OCH3 is 1. The van der Waals surface area contributed by atoms with Crippen molar-refractivity contribution in [2.45, 2.75) is 54.9 Å². The number of aliphatic imine (C=N–C) groups is 3. The highest BCUT2D eigenvalue weighted by molar-refractivity contribution is 6.15. The van der Waals surface area contributed by atoms with Crippen LogP contribution in [0.3, 0.4) is 0 Å². The zero-order chi connectivity index (χ0) is 36.6. The molecule has 18 heteroatoms. The zero-order valence-electron chi connectivity index (χ0n) is 26.8. The first-order valence-corrected chi connectivity index (χ1v) is 15.5. The lowest BCUT2D eigenvalue weighted by atomic mass is 9.80. The number of carbonyl (C=O) groups is 1. The van der Waals surface area contributed by atoms with Crippen LogP contribution < -0.4 is 24.4 Å². The highest BCUT2D eigenvalue weighted by Gasteiger charge is 2.59. The van der Waals surface area contributed by atoms with E-state index in [0.29, 0.717) is 5.56 Å². The first kappa shape index (κ1) is 35.5. The van der Waals surface area contributed by atoms with E-state index in [9.17, 15) is 45.6 Å². The largest absolute Gasteiger partial charge is 0.507 e. The Morgan fingerprint density at radius 2 is 1.92 bits per heavy atom. The molecule has 8 atom stereocenters. The fourth-order valence-electron chi connectivity index (χ4n) is 6.01. The van der Waals surface area contributed by atoms with Gasteiger partial charge in [0.25, 0.3) is 0 Å². The molecule has 10 N–H and O–H groups in total. The van der Waals surface area contributed by atoms with Gasteiger partial charge >= 0.3 is 11.8 Å². The minimum atomic E-state index is -2.51. The molecule has 4 heterocycles. The molecule has 18 nitrogen and oxygen atoms in total. The lowest BCUT2D eigenvalue weighted by Gasteiger charge is -2.46. The van der Waals surface area contributed by atoms with Gasteiger partial charge < -0.3 is 64.5 Å². The molecule has 0 amide bonds. The number of hydrogen-bond donors (Lipinski definition) is 9. The summed E-state index contributed by atoms with van der Waals surface area (Å²) in [5.41, 5.74) is -1.69. The third kappa shape index (κ3) is 6.75. The van der Waals surface area contributed by atoms with Gasteiger partial charge in [0, 0.05) is 30.4 Å². The maximum atomic E-state index is 12.2. The minimum absolute atomic E-state index is 0.0569. The fourth-order valence-corrected chi connectivity index (χ4v) is 6.01. The number of phenols is 1. The second kappa shape index (κ2) is 14.1. The number of aliphatic hydroxyl groups is 6. The molecule has 51 heavy (non-hydrogen) atoms. The Labute approximate surface area is 288 Å². The number of rotatable bonds is 12. The number of benzene rings is 2. The van der Waals surface area contributed by atoms with Crippen LogP contribution in [0.25, 0.3) is 5.76 Å². The maximum absolute atomic E-state index is 12.2. The molecule has 2 aromatic rings. The number of carboxylic acid groups (broad SMARTS) is 1. The standard InChI is InChI=1S/C33H34N4O14/c1-47-28-21(50-32-27(42)29(43)33(46,30(51-32)31(44)45)10-15-11-35-13-36-15)9-20-24(26(28)41)18(39)8-19(49-20)14-2-4-16(5-3-14)48-22(12-38)25(40)17-6-7-23(34)37-17/h2-9,13,19,22,25,27,29-30,32,34,38-43,46H,10-12H2,1H3,(H,44,45)/p+1. The Morgan fingerprint density at radius 3 is 2.53 bits per heavy atom. The van der Waals surface area contributed by atoms with Crippen LogP contribution >= 0.6 is 0 Å². The van der Waals surface area contributed by atoms with Crippen molar-refractivity contribution in [1.29, 1.82) is 0 Å².